The predicted octanol–water partition coefficient (Wildman–Crippen LogP) is 4.28. The molecular weight excluding hydrogens is 180 g/mol. The van der Waals surface area contributed by atoms with Crippen LogP contribution in [0.15, 0.2) is 48.5 Å². The van der Waals surface area contributed by atoms with Gasteiger partial charge in [0.1, 0.15) is 0 Å². The molecule has 0 heterocycles. The van der Waals surface area contributed by atoms with E-state index in [0.29, 0.717) is 5.92 Å². The van der Waals surface area contributed by atoms with E-state index in [1.54, 1.807) is 0 Å². The molecule has 0 aromatic heterocycles. The third kappa shape index (κ3) is 2.27. The highest BCUT2D eigenvalue weighted by atomic mass is 14.1. The van der Waals surface area contributed by atoms with Gasteiger partial charge in [0.25, 0.3) is 0 Å². The molecule has 0 amide bonds. The lowest BCUT2D eigenvalue weighted by Crippen LogP contribution is -1.88. The zero-order valence-electron chi connectivity index (χ0n) is 9.20. The van der Waals surface area contributed by atoms with Crippen molar-refractivity contribution in [1.29, 1.82) is 0 Å². The molecule has 1 radical (unpaired) electrons. The monoisotopic (exact) mass is 195 g/mol. The van der Waals surface area contributed by atoms with E-state index in [9.17, 15) is 0 Å². The predicted molar refractivity (Wildman–Crippen MR) is 64.8 cm³/mol. The zero-order chi connectivity index (χ0) is 10.7. The van der Waals surface area contributed by atoms with E-state index in [2.05, 4.69) is 62.4 Å². The molecule has 0 saturated heterocycles. The Morgan fingerprint density at radius 1 is 0.867 bits per heavy atom. The summed E-state index contributed by atoms with van der Waals surface area (Å²) in [7, 11) is 0. The first-order valence-electron chi connectivity index (χ1n) is 5.35. The minimum absolute atomic E-state index is 0.536. The summed E-state index contributed by atoms with van der Waals surface area (Å²) in [6, 6.07) is 20.2. The van der Waals surface area contributed by atoms with Crippen LogP contribution in [-0.4, -0.2) is 0 Å². The maximum absolute atomic E-state index is 3.46. The Bertz CT molecular complexity index is 427. The van der Waals surface area contributed by atoms with Gasteiger partial charge in [-0.15, -0.1) is 0 Å². The molecule has 2 rings (SSSR count). The van der Waals surface area contributed by atoms with Gasteiger partial charge in [-0.25, -0.2) is 0 Å². The summed E-state index contributed by atoms with van der Waals surface area (Å²) in [6.07, 6.45) is 0. The van der Waals surface area contributed by atoms with Crippen molar-refractivity contribution in [2.75, 3.05) is 0 Å². The average molecular weight is 195 g/mol. The van der Waals surface area contributed by atoms with E-state index in [0.717, 1.165) is 0 Å². The molecule has 0 aliphatic carbocycles. The first-order valence-corrected chi connectivity index (χ1v) is 5.35. The molecule has 15 heavy (non-hydrogen) atoms. The standard InChI is InChI=1S/C15H15/c1-12(2)14-9-6-10-15(11-14)13-7-4-3-5-8-13/h3-10,12H,1-2H3. The second-order valence-electron chi connectivity index (χ2n) is 4.04. The third-order valence-electron chi connectivity index (χ3n) is 2.52. The molecule has 75 valence electrons. The Balaban J connectivity index is 2.42. The van der Waals surface area contributed by atoms with Crippen LogP contribution in [0.2, 0.25) is 0 Å². The second-order valence-corrected chi connectivity index (χ2v) is 4.04. The van der Waals surface area contributed by atoms with Gasteiger partial charge >= 0.3 is 0 Å². The first kappa shape index (κ1) is 9.97. The van der Waals surface area contributed by atoms with Gasteiger partial charge in [-0.1, -0.05) is 62.4 Å². The Morgan fingerprint density at radius 3 is 2.27 bits per heavy atom. The van der Waals surface area contributed by atoms with Crippen molar-refractivity contribution in [3.05, 3.63) is 60.2 Å². The van der Waals surface area contributed by atoms with E-state index in [4.69, 9.17) is 0 Å². The fourth-order valence-electron chi connectivity index (χ4n) is 1.61. The van der Waals surface area contributed by atoms with E-state index >= 15 is 0 Å². The van der Waals surface area contributed by atoms with Crippen LogP contribution in [-0.2, 0) is 0 Å². The number of hydrogen-bond acceptors (Lipinski definition) is 0. The minimum Gasteiger partial charge on any atom is -0.0622 e. The minimum atomic E-state index is 0.536. The molecule has 2 aromatic carbocycles. The summed E-state index contributed by atoms with van der Waals surface area (Å²) in [5.74, 6) is 0.536. The van der Waals surface area contributed by atoms with Crippen LogP contribution < -0.4 is 0 Å². The molecule has 2 aromatic rings. The van der Waals surface area contributed by atoms with Crippen LogP contribution in [0.25, 0.3) is 11.1 Å². The summed E-state index contributed by atoms with van der Waals surface area (Å²) in [6.45, 7) is 4.39. The molecule has 0 aliphatic heterocycles. The van der Waals surface area contributed by atoms with Crippen molar-refractivity contribution in [1.82, 2.24) is 0 Å². The van der Waals surface area contributed by atoms with E-state index in [-0.39, 0.29) is 0 Å². The van der Waals surface area contributed by atoms with E-state index in [1.165, 1.54) is 16.7 Å². The second kappa shape index (κ2) is 4.31. The first-order chi connectivity index (χ1) is 7.27. The Kier molecular flexibility index (Phi) is 2.86. The number of rotatable bonds is 2. The van der Waals surface area contributed by atoms with E-state index in [1.807, 2.05) is 6.07 Å². The van der Waals surface area contributed by atoms with Crippen molar-refractivity contribution in [3.63, 3.8) is 0 Å². The lowest BCUT2D eigenvalue weighted by atomic mass is 9.98. The molecule has 0 unspecified atom stereocenters. The molecule has 0 fully saturated rings. The maximum atomic E-state index is 3.46. The van der Waals surface area contributed by atoms with Gasteiger partial charge in [-0.3, -0.25) is 0 Å². The van der Waals surface area contributed by atoms with Crippen LogP contribution >= 0.6 is 0 Å². The van der Waals surface area contributed by atoms with Crippen LogP contribution in [0.5, 0.6) is 0 Å². The summed E-state index contributed by atoms with van der Waals surface area (Å²) >= 11 is 0. The summed E-state index contributed by atoms with van der Waals surface area (Å²) in [4.78, 5) is 0. The molecule has 0 spiro atoms. The van der Waals surface area contributed by atoms with Gasteiger partial charge in [-0.2, -0.15) is 0 Å². The van der Waals surface area contributed by atoms with Crippen LogP contribution in [0, 0.1) is 6.07 Å². The van der Waals surface area contributed by atoms with Gasteiger partial charge in [0, 0.05) is 0 Å². The molecule has 0 atom stereocenters. The fourth-order valence-corrected chi connectivity index (χ4v) is 1.61. The van der Waals surface area contributed by atoms with Crippen molar-refractivity contribution < 1.29 is 0 Å². The van der Waals surface area contributed by atoms with E-state index < -0.39 is 0 Å². The Hall–Kier alpha value is -1.56. The summed E-state index contributed by atoms with van der Waals surface area (Å²) < 4.78 is 0. The van der Waals surface area contributed by atoms with Gasteiger partial charge in [0.2, 0.25) is 0 Å². The number of benzene rings is 2. The van der Waals surface area contributed by atoms with Crippen LogP contribution in [0.3, 0.4) is 0 Å². The van der Waals surface area contributed by atoms with Gasteiger partial charge in [-0.05, 0) is 28.7 Å². The number of hydrogen-bond donors (Lipinski definition) is 0. The summed E-state index contributed by atoms with van der Waals surface area (Å²) in [5, 5.41) is 0. The zero-order valence-corrected chi connectivity index (χ0v) is 9.20. The van der Waals surface area contributed by atoms with Crippen molar-refractivity contribution in [2.24, 2.45) is 0 Å². The lowest BCUT2D eigenvalue weighted by molar-refractivity contribution is 0.865. The van der Waals surface area contributed by atoms with Gasteiger partial charge in [0.05, 0.1) is 0 Å². The Labute approximate surface area is 91.6 Å². The molecule has 0 saturated carbocycles. The SMILES string of the molecule is CC(C)c1[c]c(-c2ccccc2)ccc1. The largest absolute Gasteiger partial charge is 0.0622 e. The topological polar surface area (TPSA) is 0 Å². The smallest absolute Gasteiger partial charge is 0.00616 e. The van der Waals surface area contributed by atoms with Crippen LogP contribution in [0.1, 0.15) is 25.3 Å². The highest BCUT2D eigenvalue weighted by molar-refractivity contribution is 5.63. The van der Waals surface area contributed by atoms with Crippen molar-refractivity contribution >= 4 is 0 Å². The molecule has 0 aliphatic rings. The Morgan fingerprint density at radius 2 is 1.60 bits per heavy atom. The lowest BCUT2D eigenvalue weighted by Gasteiger charge is -2.07. The fraction of sp³-hybridized carbons (Fsp3) is 0.200. The average Bonchev–Trinajstić information content (AvgIpc) is 2.30. The quantitative estimate of drug-likeness (QED) is 0.671. The third-order valence-corrected chi connectivity index (χ3v) is 2.52. The summed E-state index contributed by atoms with van der Waals surface area (Å²) in [5.41, 5.74) is 3.69. The highest BCUT2D eigenvalue weighted by Crippen LogP contribution is 2.22. The molecular formula is C15H15. The van der Waals surface area contributed by atoms with Gasteiger partial charge in [0.15, 0.2) is 0 Å². The maximum Gasteiger partial charge on any atom is -0.00616 e. The highest BCUT2D eigenvalue weighted by Gasteiger charge is 2.01. The van der Waals surface area contributed by atoms with Crippen LogP contribution in [0.4, 0.5) is 0 Å². The molecule has 0 nitrogen and oxygen atoms in total. The molecule has 0 bridgehead atoms. The van der Waals surface area contributed by atoms with Crippen molar-refractivity contribution in [3.8, 4) is 11.1 Å². The van der Waals surface area contributed by atoms with Gasteiger partial charge < -0.3 is 0 Å². The normalized spacial score (nSPS) is 10.6. The van der Waals surface area contributed by atoms with Crippen molar-refractivity contribution in [2.45, 2.75) is 19.8 Å². The molecule has 0 heteroatoms. The molecule has 0 N–H and O–H groups in total.